The highest BCUT2D eigenvalue weighted by Gasteiger charge is 1.97. The molecule has 0 radical (unpaired) electrons. The van der Waals surface area contributed by atoms with E-state index in [1.165, 1.54) is 18.2 Å². The van der Waals surface area contributed by atoms with E-state index in [2.05, 4.69) is 11.8 Å². The molecule has 0 aromatic heterocycles. The largest absolute Gasteiger partial charge is 0.508 e. The zero-order valence-corrected chi connectivity index (χ0v) is 9.31. The van der Waals surface area contributed by atoms with E-state index in [9.17, 15) is 9.50 Å². The summed E-state index contributed by atoms with van der Waals surface area (Å²) in [6.45, 7) is 0. The molecule has 2 nitrogen and oxygen atoms in total. The number of hydrogen-bond acceptors (Lipinski definition) is 2. The van der Waals surface area contributed by atoms with Gasteiger partial charge in [0.15, 0.2) is 0 Å². The maximum absolute atomic E-state index is 13.1. The lowest BCUT2D eigenvalue weighted by Crippen LogP contribution is -1.83. The van der Waals surface area contributed by atoms with Crippen LogP contribution in [0.4, 0.5) is 4.39 Å². The highest BCUT2D eigenvalue weighted by atomic mass is 19.1. The van der Waals surface area contributed by atoms with Gasteiger partial charge in [-0.25, -0.2) is 4.39 Å². The molecule has 1 N–H and O–H groups in total. The standard InChI is InChI=1S/C15H8FNO/c16-14-7-12(6-13(8-14)10-17)5-4-11-2-1-3-15(18)9-11/h1-3,6-9,18H. The monoisotopic (exact) mass is 237 g/mol. The second-order valence-electron chi connectivity index (χ2n) is 3.64. The van der Waals surface area contributed by atoms with Gasteiger partial charge in [0, 0.05) is 11.1 Å². The topological polar surface area (TPSA) is 44.0 Å². The Labute approximate surface area is 104 Å². The van der Waals surface area contributed by atoms with Crippen LogP contribution < -0.4 is 0 Å². The number of rotatable bonds is 0. The summed E-state index contributed by atoms with van der Waals surface area (Å²) in [5.74, 6) is 5.18. The molecule has 0 aliphatic heterocycles. The average Bonchev–Trinajstić information content (AvgIpc) is 2.36. The number of hydrogen-bond donors (Lipinski definition) is 1. The Kier molecular flexibility index (Phi) is 3.27. The van der Waals surface area contributed by atoms with Crippen molar-refractivity contribution in [1.29, 1.82) is 5.26 Å². The third kappa shape index (κ3) is 2.87. The molecule has 3 heteroatoms. The van der Waals surface area contributed by atoms with Gasteiger partial charge in [0.2, 0.25) is 0 Å². The number of benzene rings is 2. The van der Waals surface area contributed by atoms with E-state index in [1.807, 2.05) is 6.07 Å². The minimum atomic E-state index is -0.491. The molecule has 0 heterocycles. The fourth-order valence-corrected chi connectivity index (χ4v) is 1.45. The van der Waals surface area contributed by atoms with Crippen molar-refractivity contribution < 1.29 is 9.50 Å². The van der Waals surface area contributed by atoms with E-state index < -0.39 is 5.82 Å². The van der Waals surface area contributed by atoms with Gasteiger partial charge in [-0.15, -0.1) is 0 Å². The molecule has 2 aromatic rings. The van der Waals surface area contributed by atoms with Crippen LogP contribution in [0.15, 0.2) is 42.5 Å². The lowest BCUT2D eigenvalue weighted by atomic mass is 10.1. The molecule has 2 rings (SSSR count). The van der Waals surface area contributed by atoms with Gasteiger partial charge < -0.3 is 5.11 Å². The Morgan fingerprint density at radius 2 is 1.67 bits per heavy atom. The molecule has 0 atom stereocenters. The maximum atomic E-state index is 13.1. The van der Waals surface area contributed by atoms with Crippen LogP contribution in [0, 0.1) is 29.0 Å². The van der Waals surface area contributed by atoms with Gasteiger partial charge >= 0.3 is 0 Å². The van der Waals surface area contributed by atoms with Crippen molar-refractivity contribution in [3.05, 3.63) is 65.0 Å². The van der Waals surface area contributed by atoms with Gasteiger partial charge in [0.05, 0.1) is 11.6 Å². The fraction of sp³-hybridized carbons (Fsp3) is 0. The van der Waals surface area contributed by atoms with Gasteiger partial charge in [-0.2, -0.15) is 5.26 Å². The molecular formula is C15H8FNO. The summed E-state index contributed by atoms with van der Waals surface area (Å²) in [5, 5.41) is 18.0. The minimum absolute atomic E-state index is 0.124. The van der Waals surface area contributed by atoms with Gasteiger partial charge in [-0.3, -0.25) is 0 Å². The van der Waals surface area contributed by atoms with Gasteiger partial charge in [-0.05, 0) is 36.4 Å². The number of halogens is 1. The van der Waals surface area contributed by atoms with E-state index in [-0.39, 0.29) is 11.3 Å². The Bertz CT molecular complexity index is 690. The van der Waals surface area contributed by atoms with E-state index in [1.54, 1.807) is 18.2 Å². The molecule has 0 amide bonds. The van der Waals surface area contributed by atoms with Crippen LogP contribution in [0.3, 0.4) is 0 Å². The lowest BCUT2D eigenvalue weighted by molar-refractivity contribution is 0.475. The number of phenolic OH excluding ortho intramolecular Hbond substituents is 1. The summed E-state index contributed by atoms with van der Waals surface area (Å²) in [6.07, 6.45) is 0. The van der Waals surface area contributed by atoms with E-state index in [0.717, 1.165) is 6.07 Å². The van der Waals surface area contributed by atoms with Crippen molar-refractivity contribution in [3.8, 4) is 23.7 Å². The van der Waals surface area contributed by atoms with Crippen molar-refractivity contribution in [1.82, 2.24) is 0 Å². The highest BCUT2D eigenvalue weighted by molar-refractivity contribution is 5.47. The first-order chi connectivity index (χ1) is 8.67. The summed E-state index contributed by atoms with van der Waals surface area (Å²) >= 11 is 0. The molecule has 0 saturated carbocycles. The van der Waals surface area contributed by atoms with Crippen LogP contribution in [-0.4, -0.2) is 5.11 Å². The third-order valence-electron chi connectivity index (χ3n) is 2.22. The van der Waals surface area contributed by atoms with Gasteiger partial charge in [0.1, 0.15) is 11.6 Å². The summed E-state index contributed by atoms with van der Waals surface area (Å²) in [6, 6.07) is 12.3. The minimum Gasteiger partial charge on any atom is -0.508 e. The van der Waals surface area contributed by atoms with Crippen molar-refractivity contribution in [2.24, 2.45) is 0 Å². The number of aromatic hydroxyl groups is 1. The fourth-order valence-electron chi connectivity index (χ4n) is 1.45. The number of phenols is 1. The van der Waals surface area contributed by atoms with Crippen molar-refractivity contribution in [2.75, 3.05) is 0 Å². The van der Waals surface area contributed by atoms with Crippen molar-refractivity contribution >= 4 is 0 Å². The lowest BCUT2D eigenvalue weighted by Gasteiger charge is -1.94. The second-order valence-corrected chi connectivity index (χ2v) is 3.64. The summed E-state index contributed by atoms with van der Waals surface area (Å²) < 4.78 is 13.1. The molecular weight excluding hydrogens is 229 g/mol. The quantitative estimate of drug-likeness (QED) is 0.716. The Hall–Kier alpha value is -2.78. The predicted octanol–water partition coefficient (Wildman–Crippen LogP) is 2.80. The molecule has 18 heavy (non-hydrogen) atoms. The second kappa shape index (κ2) is 5.03. The van der Waals surface area contributed by atoms with E-state index in [0.29, 0.717) is 11.1 Å². The third-order valence-corrected chi connectivity index (χ3v) is 2.22. The maximum Gasteiger partial charge on any atom is 0.125 e. The first-order valence-electron chi connectivity index (χ1n) is 5.19. The van der Waals surface area contributed by atoms with Crippen LogP contribution in [0.1, 0.15) is 16.7 Å². The Balaban J connectivity index is 2.36. The summed E-state index contributed by atoms with van der Waals surface area (Å²) in [7, 11) is 0. The normalized spacial score (nSPS) is 9.11. The number of nitriles is 1. The number of nitrogens with zero attached hydrogens (tertiary/aromatic N) is 1. The van der Waals surface area contributed by atoms with Gasteiger partial charge in [-0.1, -0.05) is 17.9 Å². The van der Waals surface area contributed by atoms with Crippen LogP contribution in [-0.2, 0) is 0 Å². The smallest absolute Gasteiger partial charge is 0.125 e. The van der Waals surface area contributed by atoms with E-state index in [4.69, 9.17) is 5.26 Å². The van der Waals surface area contributed by atoms with Crippen molar-refractivity contribution in [3.63, 3.8) is 0 Å². The van der Waals surface area contributed by atoms with Gasteiger partial charge in [0.25, 0.3) is 0 Å². The molecule has 0 spiro atoms. The predicted molar refractivity (Wildman–Crippen MR) is 65.2 cm³/mol. The summed E-state index contributed by atoms with van der Waals surface area (Å²) in [5.41, 5.74) is 1.28. The average molecular weight is 237 g/mol. The molecule has 0 aliphatic rings. The zero-order valence-electron chi connectivity index (χ0n) is 9.31. The Morgan fingerprint density at radius 3 is 2.39 bits per heavy atom. The highest BCUT2D eigenvalue weighted by Crippen LogP contribution is 2.11. The molecule has 0 fully saturated rings. The zero-order chi connectivity index (χ0) is 13.0. The van der Waals surface area contributed by atoms with Crippen LogP contribution in [0.25, 0.3) is 0 Å². The molecule has 86 valence electrons. The van der Waals surface area contributed by atoms with Crippen LogP contribution in [0.2, 0.25) is 0 Å². The molecule has 0 unspecified atom stereocenters. The Morgan fingerprint density at radius 1 is 0.944 bits per heavy atom. The van der Waals surface area contributed by atoms with Crippen LogP contribution >= 0.6 is 0 Å². The molecule has 2 aromatic carbocycles. The first-order valence-corrected chi connectivity index (χ1v) is 5.19. The van der Waals surface area contributed by atoms with Crippen LogP contribution in [0.5, 0.6) is 5.75 Å². The van der Waals surface area contributed by atoms with E-state index >= 15 is 0 Å². The first kappa shape index (κ1) is 11.7. The van der Waals surface area contributed by atoms with Crippen molar-refractivity contribution in [2.45, 2.75) is 0 Å². The SMILES string of the molecule is N#Cc1cc(F)cc(C#Cc2cccc(O)c2)c1. The molecule has 0 saturated heterocycles. The molecule has 0 bridgehead atoms. The summed E-state index contributed by atoms with van der Waals surface area (Å²) in [4.78, 5) is 0. The molecule has 0 aliphatic carbocycles.